The Morgan fingerprint density at radius 3 is 3.00 bits per heavy atom. The molecule has 0 spiro atoms. The number of carbonyl (C=O) groups is 2. The van der Waals surface area contributed by atoms with Crippen LogP contribution in [-0.2, 0) is 9.59 Å². The fourth-order valence-electron chi connectivity index (χ4n) is 1.35. The van der Waals surface area contributed by atoms with E-state index < -0.39 is 11.8 Å². The first-order valence-electron chi connectivity index (χ1n) is 5.30. The maximum absolute atomic E-state index is 11.6. The average molecular weight is 245 g/mol. The Morgan fingerprint density at radius 2 is 2.39 bits per heavy atom. The lowest BCUT2D eigenvalue weighted by molar-refractivity contribution is -0.122. The summed E-state index contributed by atoms with van der Waals surface area (Å²) in [6, 6.07) is 5.33. The van der Waals surface area contributed by atoms with Crippen molar-refractivity contribution in [2.75, 3.05) is 0 Å². The van der Waals surface area contributed by atoms with Gasteiger partial charge in [-0.2, -0.15) is 10.2 Å². The summed E-state index contributed by atoms with van der Waals surface area (Å²) in [5, 5.41) is 7.38. The predicted molar refractivity (Wildman–Crippen MR) is 64.7 cm³/mol. The van der Waals surface area contributed by atoms with Crippen molar-refractivity contribution in [2.24, 2.45) is 16.1 Å². The lowest BCUT2D eigenvalue weighted by atomic mass is 10.1. The molecule has 0 aliphatic carbocycles. The second-order valence-corrected chi connectivity index (χ2v) is 3.65. The van der Waals surface area contributed by atoms with Crippen LogP contribution in [0.25, 0.3) is 0 Å². The van der Waals surface area contributed by atoms with Crippen LogP contribution in [0.15, 0.2) is 34.6 Å². The summed E-state index contributed by atoms with van der Waals surface area (Å²) in [6.07, 6.45) is 3.03. The second kappa shape index (κ2) is 5.17. The molecule has 0 aromatic carbocycles. The Balaban J connectivity index is 1.93. The third-order valence-electron chi connectivity index (χ3n) is 2.37. The van der Waals surface area contributed by atoms with Crippen LogP contribution in [0.5, 0.6) is 0 Å². The molecule has 1 aliphatic rings. The quantitative estimate of drug-likeness (QED) is 0.563. The molecule has 0 saturated carbocycles. The number of aromatic nitrogens is 1. The van der Waals surface area contributed by atoms with E-state index in [1.54, 1.807) is 25.3 Å². The summed E-state index contributed by atoms with van der Waals surface area (Å²) in [7, 11) is 0. The SMILES string of the molecule is CC1C(=O)NN=C1C(=O)NN=Cc1ccccn1. The van der Waals surface area contributed by atoms with Crippen molar-refractivity contribution in [1.82, 2.24) is 15.8 Å². The fourth-order valence-corrected chi connectivity index (χ4v) is 1.35. The molecule has 0 radical (unpaired) electrons. The number of amides is 2. The molecule has 2 heterocycles. The number of hydrazone groups is 2. The van der Waals surface area contributed by atoms with E-state index in [1.807, 2.05) is 6.07 Å². The van der Waals surface area contributed by atoms with Crippen LogP contribution in [0.1, 0.15) is 12.6 Å². The number of pyridine rings is 1. The lowest BCUT2D eigenvalue weighted by Gasteiger charge is -2.01. The summed E-state index contributed by atoms with van der Waals surface area (Å²) in [5.41, 5.74) is 5.27. The highest BCUT2D eigenvalue weighted by atomic mass is 16.2. The van der Waals surface area contributed by atoms with Crippen molar-refractivity contribution in [3.05, 3.63) is 30.1 Å². The average Bonchev–Trinajstić information content (AvgIpc) is 2.71. The Hall–Kier alpha value is -2.57. The van der Waals surface area contributed by atoms with Crippen molar-refractivity contribution in [2.45, 2.75) is 6.92 Å². The van der Waals surface area contributed by atoms with E-state index in [4.69, 9.17) is 0 Å². The van der Waals surface area contributed by atoms with Gasteiger partial charge in [-0.1, -0.05) is 6.07 Å². The minimum Gasteiger partial charge on any atom is -0.272 e. The van der Waals surface area contributed by atoms with Crippen molar-refractivity contribution >= 4 is 23.7 Å². The molecule has 0 fully saturated rings. The van der Waals surface area contributed by atoms with Crippen molar-refractivity contribution in [3.63, 3.8) is 0 Å². The third-order valence-corrected chi connectivity index (χ3v) is 2.37. The second-order valence-electron chi connectivity index (χ2n) is 3.65. The Labute approximate surface area is 103 Å². The molecule has 2 rings (SSSR count). The maximum atomic E-state index is 11.6. The van der Waals surface area contributed by atoms with E-state index in [1.165, 1.54) is 6.21 Å². The summed E-state index contributed by atoms with van der Waals surface area (Å²) in [4.78, 5) is 26.8. The maximum Gasteiger partial charge on any atom is 0.288 e. The Bertz CT molecular complexity index is 523. The highest BCUT2D eigenvalue weighted by molar-refractivity contribution is 6.44. The highest BCUT2D eigenvalue weighted by Crippen LogP contribution is 2.05. The number of nitrogens with one attached hydrogen (secondary N) is 2. The van der Waals surface area contributed by atoms with Crippen LogP contribution in [0.3, 0.4) is 0 Å². The minimum atomic E-state index is -0.560. The van der Waals surface area contributed by atoms with Crippen molar-refractivity contribution in [3.8, 4) is 0 Å². The molecule has 2 N–H and O–H groups in total. The smallest absolute Gasteiger partial charge is 0.272 e. The molecule has 18 heavy (non-hydrogen) atoms. The van der Waals surface area contributed by atoms with E-state index >= 15 is 0 Å². The van der Waals surface area contributed by atoms with Gasteiger partial charge in [-0.05, 0) is 19.1 Å². The van der Waals surface area contributed by atoms with E-state index in [0.717, 1.165) is 0 Å². The first-order chi connectivity index (χ1) is 8.68. The molecule has 7 heteroatoms. The standard InChI is InChI=1S/C11H11N5O2/c1-7-9(14-16-10(7)17)11(18)15-13-6-8-4-2-3-5-12-8/h2-7H,1H3,(H,15,18)(H,16,17). The molecule has 1 aromatic rings. The number of hydrogen-bond acceptors (Lipinski definition) is 5. The summed E-state index contributed by atoms with van der Waals surface area (Å²) in [6.45, 7) is 1.60. The molecule has 92 valence electrons. The third kappa shape index (κ3) is 2.57. The van der Waals surface area contributed by atoms with Gasteiger partial charge in [-0.25, -0.2) is 10.9 Å². The van der Waals surface area contributed by atoms with E-state index in [-0.39, 0.29) is 11.6 Å². The largest absolute Gasteiger partial charge is 0.288 e. The number of carbonyl (C=O) groups excluding carboxylic acids is 2. The van der Waals surface area contributed by atoms with E-state index in [0.29, 0.717) is 5.69 Å². The Morgan fingerprint density at radius 1 is 1.56 bits per heavy atom. The normalized spacial score (nSPS) is 18.6. The van der Waals surface area contributed by atoms with Gasteiger partial charge >= 0.3 is 0 Å². The highest BCUT2D eigenvalue weighted by Gasteiger charge is 2.30. The van der Waals surface area contributed by atoms with Crippen LogP contribution >= 0.6 is 0 Å². The molecular formula is C11H11N5O2. The van der Waals surface area contributed by atoms with Gasteiger partial charge in [0.25, 0.3) is 5.91 Å². The van der Waals surface area contributed by atoms with Gasteiger partial charge in [-0.15, -0.1) is 0 Å². The van der Waals surface area contributed by atoms with Crippen LogP contribution in [-0.4, -0.2) is 28.7 Å². The summed E-state index contributed by atoms with van der Waals surface area (Å²) >= 11 is 0. The van der Waals surface area contributed by atoms with Gasteiger partial charge in [0.05, 0.1) is 17.8 Å². The number of hydrogen-bond donors (Lipinski definition) is 2. The predicted octanol–water partition coefficient (Wildman–Crippen LogP) is -0.346. The first kappa shape index (κ1) is 11.9. The molecule has 7 nitrogen and oxygen atoms in total. The van der Waals surface area contributed by atoms with Crippen LogP contribution < -0.4 is 10.9 Å². The van der Waals surface area contributed by atoms with Crippen LogP contribution in [0.4, 0.5) is 0 Å². The van der Waals surface area contributed by atoms with Gasteiger partial charge in [0.1, 0.15) is 5.71 Å². The molecular weight excluding hydrogens is 234 g/mol. The minimum absolute atomic E-state index is 0.123. The van der Waals surface area contributed by atoms with Crippen molar-refractivity contribution in [1.29, 1.82) is 0 Å². The zero-order valence-electron chi connectivity index (χ0n) is 9.62. The number of rotatable bonds is 3. The van der Waals surface area contributed by atoms with Gasteiger partial charge < -0.3 is 0 Å². The van der Waals surface area contributed by atoms with Gasteiger partial charge in [0.15, 0.2) is 0 Å². The van der Waals surface area contributed by atoms with Crippen molar-refractivity contribution < 1.29 is 9.59 Å². The first-order valence-corrected chi connectivity index (χ1v) is 5.30. The van der Waals surface area contributed by atoms with E-state index in [9.17, 15) is 9.59 Å². The molecule has 1 atom stereocenters. The molecule has 2 amide bonds. The van der Waals surface area contributed by atoms with Gasteiger partial charge in [-0.3, -0.25) is 14.6 Å². The zero-order chi connectivity index (χ0) is 13.0. The lowest BCUT2D eigenvalue weighted by Crippen LogP contribution is -2.32. The molecule has 1 aliphatic heterocycles. The summed E-state index contributed by atoms with van der Waals surface area (Å²) in [5.74, 6) is -1.36. The topological polar surface area (TPSA) is 95.8 Å². The monoisotopic (exact) mass is 245 g/mol. The summed E-state index contributed by atoms with van der Waals surface area (Å²) < 4.78 is 0. The van der Waals surface area contributed by atoms with Gasteiger partial charge in [0.2, 0.25) is 5.91 Å². The Kier molecular flexibility index (Phi) is 3.42. The molecule has 0 saturated heterocycles. The van der Waals surface area contributed by atoms with Gasteiger partial charge in [0, 0.05) is 6.20 Å². The van der Waals surface area contributed by atoms with Crippen LogP contribution in [0.2, 0.25) is 0 Å². The molecule has 1 unspecified atom stereocenters. The molecule has 1 aromatic heterocycles. The van der Waals surface area contributed by atoms with Crippen LogP contribution in [0, 0.1) is 5.92 Å². The fraction of sp³-hybridized carbons (Fsp3) is 0.182. The zero-order valence-corrected chi connectivity index (χ0v) is 9.62. The number of nitrogens with zero attached hydrogens (tertiary/aromatic N) is 3. The molecule has 0 bridgehead atoms. The van der Waals surface area contributed by atoms with E-state index in [2.05, 4.69) is 26.0 Å².